The number of morpholine rings is 1. The lowest BCUT2D eigenvalue weighted by molar-refractivity contribution is -0.139. The number of nitrogens with zero attached hydrogens (tertiary/aromatic N) is 4. The average Bonchev–Trinajstić information content (AvgIpc) is 2.71. The van der Waals surface area contributed by atoms with Gasteiger partial charge in [-0.3, -0.25) is 9.59 Å². The molecule has 1 aliphatic heterocycles. The Hall–Kier alpha value is -2.84. The molecule has 1 N–H and O–H groups in total. The molecule has 0 bridgehead atoms. The predicted octanol–water partition coefficient (Wildman–Crippen LogP) is 2.03. The molecule has 2 atom stereocenters. The number of rotatable bonds is 4. The average molecular weight is 402 g/mol. The lowest BCUT2D eigenvalue weighted by atomic mass is 10.1. The molecule has 2 amide bonds. The molecular formula is C19H20ClN5O3. The summed E-state index contributed by atoms with van der Waals surface area (Å²) in [5.41, 5.74) is 1.93. The molecule has 0 aromatic carbocycles. The van der Waals surface area contributed by atoms with E-state index >= 15 is 0 Å². The lowest BCUT2D eigenvalue weighted by Crippen LogP contribution is -2.45. The molecule has 0 saturated carbocycles. The Balaban J connectivity index is 1.94. The Morgan fingerprint density at radius 2 is 2.07 bits per heavy atom. The highest BCUT2D eigenvalue weighted by Gasteiger charge is 2.29. The van der Waals surface area contributed by atoms with Crippen LogP contribution in [0.1, 0.15) is 29.1 Å². The van der Waals surface area contributed by atoms with E-state index in [1.54, 1.807) is 23.1 Å². The fraction of sp³-hybridized carbons (Fsp3) is 0.316. The van der Waals surface area contributed by atoms with Crippen molar-refractivity contribution in [2.45, 2.75) is 19.1 Å². The van der Waals surface area contributed by atoms with Gasteiger partial charge in [0.25, 0.3) is 5.91 Å². The molecule has 0 radical (unpaired) electrons. The summed E-state index contributed by atoms with van der Waals surface area (Å²) in [6.45, 7) is 6.32. The van der Waals surface area contributed by atoms with Crippen LogP contribution in [-0.2, 0) is 9.53 Å². The van der Waals surface area contributed by atoms with Crippen molar-refractivity contribution in [2.75, 3.05) is 20.1 Å². The highest BCUT2D eigenvalue weighted by Crippen LogP contribution is 2.29. The van der Waals surface area contributed by atoms with Gasteiger partial charge in [-0.15, -0.1) is 0 Å². The van der Waals surface area contributed by atoms with Gasteiger partial charge >= 0.3 is 0 Å². The molecule has 0 spiro atoms. The number of amides is 2. The van der Waals surface area contributed by atoms with Gasteiger partial charge in [0.15, 0.2) is 0 Å². The van der Waals surface area contributed by atoms with Gasteiger partial charge < -0.3 is 15.0 Å². The van der Waals surface area contributed by atoms with E-state index in [9.17, 15) is 9.59 Å². The lowest BCUT2D eigenvalue weighted by Gasteiger charge is -2.36. The SMILES string of the molecule is C=CC(=O)N1C[C@H](C)O[C@@H](c2cc(Cl)nc(-c3cc(C(=O)NC)ncn3)c2)C1. The van der Waals surface area contributed by atoms with Crippen molar-refractivity contribution < 1.29 is 14.3 Å². The zero-order valence-corrected chi connectivity index (χ0v) is 16.3. The molecule has 0 unspecified atom stereocenters. The Morgan fingerprint density at radius 3 is 2.79 bits per heavy atom. The van der Waals surface area contributed by atoms with Crippen LogP contribution in [0.5, 0.6) is 0 Å². The summed E-state index contributed by atoms with van der Waals surface area (Å²) < 4.78 is 6.01. The van der Waals surface area contributed by atoms with Crippen molar-refractivity contribution in [1.29, 1.82) is 0 Å². The van der Waals surface area contributed by atoms with E-state index in [0.717, 1.165) is 5.56 Å². The first kappa shape index (κ1) is 19.9. The molecule has 2 aromatic rings. The van der Waals surface area contributed by atoms with Gasteiger partial charge in [-0.25, -0.2) is 15.0 Å². The maximum atomic E-state index is 12.0. The summed E-state index contributed by atoms with van der Waals surface area (Å²) in [5.74, 6) is -0.472. The molecule has 28 heavy (non-hydrogen) atoms. The van der Waals surface area contributed by atoms with Crippen molar-refractivity contribution in [3.8, 4) is 11.4 Å². The third-order valence-electron chi connectivity index (χ3n) is 4.32. The van der Waals surface area contributed by atoms with E-state index in [0.29, 0.717) is 24.5 Å². The first-order chi connectivity index (χ1) is 13.4. The van der Waals surface area contributed by atoms with Gasteiger partial charge in [0.2, 0.25) is 5.91 Å². The van der Waals surface area contributed by atoms with Crippen LogP contribution < -0.4 is 5.32 Å². The standard InChI is InChI=1S/C19H20ClN5O3/c1-4-18(26)25-8-11(2)28-16(9-25)12-5-14(24-17(20)6-12)13-7-15(19(27)21-3)23-10-22-13/h4-7,10-11,16H,1,8-9H2,2-3H3,(H,21,27)/t11-,16+/m0/s1. The molecule has 1 aliphatic rings. The molecule has 1 saturated heterocycles. The topological polar surface area (TPSA) is 97.3 Å². The van der Waals surface area contributed by atoms with Gasteiger partial charge in [0.1, 0.15) is 23.3 Å². The molecule has 8 nitrogen and oxygen atoms in total. The third kappa shape index (κ3) is 4.35. The van der Waals surface area contributed by atoms with Crippen LogP contribution in [0, 0.1) is 0 Å². The molecule has 3 rings (SSSR count). The van der Waals surface area contributed by atoms with Gasteiger partial charge in [0, 0.05) is 13.6 Å². The van der Waals surface area contributed by atoms with Crippen molar-refractivity contribution in [2.24, 2.45) is 0 Å². The first-order valence-electron chi connectivity index (χ1n) is 8.70. The molecule has 2 aromatic heterocycles. The minimum atomic E-state index is -0.368. The maximum Gasteiger partial charge on any atom is 0.269 e. The number of pyridine rings is 1. The minimum Gasteiger partial charge on any atom is -0.367 e. The Morgan fingerprint density at radius 1 is 1.29 bits per heavy atom. The fourth-order valence-electron chi connectivity index (χ4n) is 3.03. The number of carbonyl (C=O) groups excluding carboxylic acids is 2. The quantitative estimate of drug-likeness (QED) is 0.621. The number of hydrogen-bond acceptors (Lipinski definition) is 6. The largest absolute Gasteiger partial charge is 0.367 e. The van der Waals surface area contributed by atoms with Crippen LogP contribution in [0.4, 0.5) is 0 Å². The number of carbonyl (C=O) groups is 2. The van der Waals surface area contributed by atoms with E-state index in [-0.39, 0.29) is 34.9 Å². The number of halogens is 1. The highest BCUT2D eigenvalue weighted by atomic mass is 35.5. The Labute approximate surface area is 167 Å². The van der Waals surface area contributed by atoms with Crippen LogP contribution in [0.25, 0.3) is 11.4 Å². The second-order valence-electron chi connectivity index (χ2n) is 6.36. The van der Waals surface area contributed by atoms with Crippen molar-refractivity contribution in [3.63, 3.8) is 0 Å². The smallest absolute Gasteiger partial charge is 0.269 e. The zero-order chi connectivity index (χ0) is 20.3. The van der Waals surface area contributed by atoms with Crippen LogP contribution >= 0.6 is 11.6 Å². The van der Waals surface area contributed by atoms with Crippen LogP contribution in [0.15, 0.2) is 37.2 Å². The molecule has 3 heterocycles. The normalized spacial score (nSPS) is 19.2. The van der Waals surface area contributed by atoms with Crippen LogP contribution in [0.3, 0.4) is 0 Å². The van der Waals surface area contributed by atoms with Gasteiger partial charge in [0.05, 0.1) is 24.0 Å². The second kappa shape index (κ2) is 8.45. The molecular weight excluding hydrogens is 382 g/mol. The summed E-state index contributed by atoms with van der Waals surface area (Å²) in [6, 6.07) is 5.03. The molecule has 146 valence electrons. The number of hydrogen-bond donors (Lipinski definition) is 1. The summed E-state index contributed by atoms with van der Waals surface area (Å²) in [4.78, 5) is 38.0. The van der Waals surface area contributed by atoms with Crippen molar-refractivity contribution in [1.82, 2.24) is 25.2 Å². The predicted molar refractivity (Wildman–Crippen MR) is 104 cm³/mol. The van der Waals surface area contributed by atoms with Crippen molar-refractivity contribution in [3.05, 3.63) is 53.6 Å². The second-order valence-corrected chi connectivity index (χ2v) is 6.75. The Bertz CT molecular complexity index is 920. The zero-order valence-electron chi connectivity index (χ0n) is 15.6. The van der Waals surface area contributed by atoms with E-state index in [1.807, 2.05) is 6.92 Å². The molecule has 1 fully saturated rings. The highest BCUT2D eigenvalue weighted by molar-refractivity contribution is 6.29. The van der Waals surface area contributed by atoms with Gasteiger partial charge in [-0.05, 0) is 36.8 Å². The summed E-state index contributed by atoms with van der Waals surface area (Å²) >= 11 is 6.23. The van der Waals surface area contributed by atoms with E-state index in [2.05, 4.69) is 26.8 Å². The third-order valence-corrected chi connectivity index (χ3v) is 4.52. The van der Waals surface area contributed by atoms with Crippen LogP contribution in [0.2, 0.25) is 5.15 Å². The summed E-state index contributed by atoms with van der Waals surface area (Å²) in [7, 11) is 1.53. The number of aromatic nitrogens is 3. The fourth-order valence-corrected chi connectivity index (χ4v) is 3.25. The molecule has 9 heteroatoms. The maximum absolute atomic E-state index is 12.0. The van der Waals surface area contributed by atoms with E-state index in [4.69, 9.17) is 16.3 Å². The molecule has 0 aliphatic carbocycles. The summed E-state index contributed by atoms with van der Waals surface area (Å²) in [6.07, 6.45) is 2.08. The van der Waals surface area contributed by atoms with Gasteiger partial charge in [-0.1, -0.05) is 18.2 Å². The summed E-state index contributed by atoms with van der Waals surface area (Å²) in [5, 5.41) is 2.78. The minimum absolute atomic E-state index is 0.142. The van der Waals surface area contributed by atoms with Gasteiger partial charge in [-0.2, -0.15) is 0 Å². The van der Waals surface area contributed by atoms with E-state index in [1.165, 1.54) is 19.5 Å². The first-order valence-corrected chi connectivity index (χ1v) is 9.07. The van der Waals surface area contributed by atoms with E-state index < -0.39 is 0 Å². The number of nitrogens with one attached hydrogen (secondary N) is 1. The van der Waals surface area contributed by atoms with Crippen LogP contribution in [-0.4, -0.2) is 57.9 Å². The van der Waals surface area contributed by atoms with Crippen molar-refractivity contribution >= 4 is 23.4 Å². The monoisotopic (exact) mass is 401 g/mol. The number of ether oxygens (including phenoxy) is 1. The Kier molecular flexibility index (Phi) is 6.01.